The van der Waals surface area contributed by atoms with E-state index in [4.69, 9.17) is 5.73 Å². The summed E-state index contributed by atoms with van der Waals surface area (Å²) in [5.41, 5.74) is 12.3. The lowest BCUT2D eigenvalue weighted by Gasteiger charge is -2.07. The minimum atomic E-state index is 0. The predicted molar refractivity (Wildman–Crippen MR) is 182 cm³/mol. The summed E-state index contributed by atoms with van der Waals surface area (Å²) < 4.78 is 2.44. The number of nitrogens with zero attached hydrogens (tertiary/aromatic N) is 1. The van der Waals surface area contributed by atoms with E-state index < -0.39 is 0 Å². The summed E-state index contributed by atoms with van der Waals surface area (Å²) in [6, 6.07) is 17.6. The zero-order chi connectivity index (χ0) is 29.0. The van der Waals surface area contributed by atoms with Gasteiger partial charge >= 0.3 is 0 Å². The van der Waals surface area contributed by atoms with Gasteiger partial charge in [-0.15, -0.1) is 0 Å². The van der Waals surface area contributed by atoms with Crippen LogP contribution in [-0.4, -0.2) is 0 Å². The van der Waals surface area contributed by atoms with Crippen molar-refractivity contribution in [2.45, 2.75) is 142 Å². The van der Waals surface area contributed by atoms with Crippen LogP contribution < -0.4 is 34.3 Å². The Morgan fingerprint density at radius 2 is 1.14 bits per heavy atom. The molecule has 0 bridgehead atoms. The Hall–Kier alpha value is -1.88. The van der Waals surface area contributed by atoms with Gasteiger partial charge in [0.05, 0.1) is 5.39 Å². The molecule has 3 aromatic rings. The van der Waals surface area contributed by atoms with Crippen molar-refractivity contribution in [3.05, 3.63) is 71.4 Å². The van der Waals surface area contributed by atoms with Crippen LogP contribution in [0.15, 0.2) is 54.7 Å². The summed E-state index contributed by atoms with van der Waals surface area (Å²) in [6.07, 6.45) is 32.8. The summed E-state index contributed by atoms with van der Waals surface area (Å²) in [6.45, 7) is 5.62. The van der Waals surface area contributed by atoms with Gasteiger partial charge in [0.2, 0.25) is 5.52 Å². The Labute approximate surface area is 275 Å². The summed E-state index contributed by atoms with van der Waals surface area (Å²) in [5.74, 6) is 0. The summed E-state index contributed by atoms with van der Waals surface area (Å²) in [5, 5.41) is 1.31. The molecule has 1 heterocycles. The molecule has 0 aliphatic carbocycles. The Kier molecular flexibility index (Phi) is 19.6. The van der Waals surface area contributed by atoms with Crippen molar-refractivity contribution in [3.8, 4) is 0 Å². The molecule has 0 fully saturated rings. The lowest BCUT2D eigenvalue weighted by molar-refractivity contribution is -0.671. The number of nitrogens with two attached hydrogens (primary N) is 1. The maximum absolute atomic E-state index is 6.39. The third-order valence-electron chi connectivity index (χ3n) is 8.62. The molecular weight excluding hydrogens is 623 g/mol. The second kappa shape index (κ2) is 22.6. The number of halogens is 1. The Balaban J connectivity index is 0.00000616. The number of unbranched alkanes of at least 4 members (excludes halogenated alkanes) is 16. The molecule has 42 heavy (non-hydrogen) atoms. The van der Waals surface area contributed by atoms with Crippen molar-refractivity contribution in [1.82, 2.24) is 0 Å². The predicted octanol–water partition coefficient (Wildman–Crippen LogP) is 8.49. The normalized spacial score (nSPS) is 11.4. The zero-order valence-corrected chi connectivity index (χ0v) is 29.1. The molecule has 0 atom stereocenters. The van der Waals surface area contributed by atoms with Crippen molar-refractivity contribution in [1.29, 1.82) is 0 Å². The van der Waals surface area contributed by atoms with Gasteiger partial charge in [-0.3, -0.25) is 0 Å². The molecule has 3 rings (SSSR count). The summed E-state index contributed by atoms with van der Waals surface area (Å²) in [4.78, 5) is 0. The fourth-order valence-corrected chi connectivity index (χ4v) is 5.97. The largest absolute Gasteiger partial charge is 1.00 e. The van der Waals surface area contributed by atoms with Gasteiger partial charge in [-0.05, 0) is 48.1 Å². The van der Waals surface area contributed by atoms with Gasteiger partial charge in [0.25, 0.3) is 0 Å². The SMILES string of the molecule is CCCCCCCCCCCCCCCCCC[n+]1ccc(/C=C/c2ccc(CCCC)cc2N)c2ccccc21.[I-]. The highest BCUT2D eigenvalue weighted by Crippen LogP contribution is 2.22. The maximum Gasteiger partial charge on any atom is 0.213 e. The van der Waals surface area contributed by atoms with Crippen LogP contribution in [0.25, 0.3) is 23.1 Å². The highest BCUT2D eigenvalue weighted by molar-refractivity contribution is 5.89. The first kappa shape index (κ1) is 36.3. The number of para-hydroxylation sites is 1. The smallest absolute Gasteiger partial charge is 0.213 e. The number of nitrogen functional groups attached to an aromatic ring is 1. The fourth-order valence-electron chi connectivity index (χ4n) is 5.97. The monoisotopic (exact) mass is 682 g/mol. The van der Waals surface area contributed by atoms with E-state index in [-0.39, 0.29) is 24.0 Å². The van der Waals surface area contributed by atoms with E-state index in [2.05, 4.69) is 85.3 Å². The second-order valence-electron chi connectivity index (χ2n) is 12.2. The van der Waals surface area contributed by atoms with Crippen LogP contribution in [0.4, 0.5) is 5.69 Å². The average Bonchev–Trinajstić information content (AvgIpc) is 2.99. The molecular formula is C39H59IN2. The van der Waals surface area contributed by atoms with E-state index >= 15 is 0 Å². The number of fused-ring (bicyclic) bond motifs is 1. The lowest BCUT2D eigenvalue weighted by Crippen LogP contribution is -3.00. The second-order valence-corrected chi connectivity index (χ2v) is 12.2. The van der Waals surface area contributed by atoms with Crippen LogP contribution in [0.1, 0.15) is 146 Å². The highest BCUT2D eigenvalue weighted by Gasteiger charge is 2.11. The van der Waals surface area contributed by atoms with Gasteiger partial charge in [0, 0.05) is 24.2 Å². The lowest BCUT2D eigenvalue weighted by atomic mass is 10.0. The van der Waals surface area contributed by atoms with Crippen LogP contribution in [-0.2, 0) is 13.0 Å². The van der Waals surface area contributed by atoms with Gasteiger partial charge in [-0.25, -0.2) is 0 Å². The molecule has 232 valence electrons. The Bertz CT molecular complexity index is 1150. The van der Waals surface area contributed by atoms with Crippen molar-refractivity contribution in [2.24, 2.45) is 0 Å². The number of aryl methyl sites for hydroxylation is 2. The first-order chi connectivity index (χ1) is 20.2. The van der Waals surface area contributed by atoms with E-state index in [1.165, 1.54) is 138 Å². The molecule has 0 aliphatic heterocycles. The Morgan fingerprint density at radius 1 is 0.595 bits per heavy atom. The van der Waals surface area contributed by atoms with Crippen molar-refractivity contribution in [2.75, 3.05) is 5.73 Å². The summed E-state index contributed by atoms with van der Waals surface area (Å²) in [7, 11) is 0. The van der Waals surface area contributed by atoms with Gasteiger partial charge < -0.3 is 29.7 Å². The first-order valence-corrected chi connectivity index (χ1v) is 17.2. The molecule has 0 radical (unpaired) electrons. The third kappa shape index (κ3) is 13.6. The van der Waals surface area contributed by atoms with E-state index in [1.807, 2.05) is 0 Å². The number of anilines is 1. The highest BCUT2D eigenvalue weighted by atomic mass is 127. The van der Waals surface area contributed by atoms with Crippen LogP contribution >= 0.6 is 0 Å². The number of hydrogen-bond donors (Lipinski definition) is 1. The first-order valence-electron chi connectivity index (χ1n) is 17.2. The quantitative estimate of drug-likeness (QED) is 0.0490. The van der Waals surface area contributed by atoms with E-state index in [0.717, 1.165) is 24.2 Å². The molecule has 0 amide bonds. The standard InChI is InChI=1S/C39H58N2.HI/c1-3-5-7-8-9-10-11-12-13-14-15-16-17-18-19-22-31-41-32-30-35(37-24-20-21-25-39(37)41)28-29-36-27-26-34(23-6-4-2)33-38(36)40;/h20-21,24-30,32-33,40H,3-19,22-23,31H2,1-2H3;1H. The molecule has 1 aromatic heterocycles. The molecule has 2 N–H and O–H groups in total. The molecule has 0 unspecified atom stereocenters. The number of rotatable bonds is 22. The van der Waals surface area contributed by atoms with E-state index in [1.54, 1.807) is 0 Å². The Morgan fingerprint density at radius 3 is 1.74 bits per heavy atom. The van der Waals surface area contributed by atoms with Crippen molar-refractivity contribution >= 4 is 28.7 Å². The van der Waals surface area contributed by atoms with Crippen LogP contribution in [0.3, 0.4) is 0 Å². The number of benzene rings is 2. The van der Waals surface area contributed by atoms with Gasteiger partial charge in [-0.2, -0.15) is 4.57 Å². The number of hydrogen-bond acceptors (Lipinski definition) is 1. The minimum absolute atomic E-state index is 0. The molecule has 2 nitrogen and oxygen atoms in total. The number of pyridine rings is 1. The van der Waals surface area contributed by atoms with Gasteiger partial charge in [-0.1, -0.05) is 147 Å². The molecule has 0 aliphatic rings. The number of aromatic nitrogens is 1. The average molecular weight is 683 g/mol. The fraction of sp³-hybridized carbons (Fsp3) is 0.564. The molecule has 2 aromatic carbocycles. The van der Waals surface area contributed by atoms with Crippen LogP contribution in [0.5, 0.6) is 0 Å². The molecule has 0 saturated carbocycles. The summed E-state index contributed by atoms with van der Waals surface area (Å²) >= 11 is 0. The van der Waals surface area contributed by atoms with E-state index in [9.17, 15) is 0 Å². The maximum atomic E-state index is 6.39. The topological polar surface area (TPSA) is 29.9 Å². The minimum Gasteiger partial charge on any atom is -1.00 e. The van der Waals surface area contributed by atoms with Gasteiger partial charge in [0.1, 0.15) is 6.54 Å². The molecule has 0 spiro atoms. The van der Waals surface area contributed by atoms with Gasteiger partial charge in [0.15, 0.2) is 6.20 Å². The van der Waals surface area contributed by atoms with Crippen LogP contribution in [0.2, 0.25) is 0 Å². The third-order valence-corrected chi connectivity index (χ3v) is 8.62. The van der Waals surface area contributed by atoms with Crippen molar-refractivity contribution in [3.63, 3.8) is 0 Å². The molecule has 3 heteroatoms. The molecule has 0 saturated heterocycles. The van der Waals surface area contributed by atoms with Crippen LogP contribution in [0, 0.1) is 0 Å². The zero-order valence-electron chi connectivity index (χ0n) is 26.9. The van der Waals surface area contributed by atoms with E-state index in [0.29, 0.717) is 0 Å². The van der Waals surface area contributed by atoms with Crippen molar-refractivity contribution < 1.29 is 28.5 Å².